The Morgan fingerprint density at radius 1 is 1.08 bits per heavy atom. The summed E-state index contributed by atoms with van der Waals surface area (Å²) < 4.78 is 83.0. The van der Waals surface area contributed by atoms with Crippen molar-refractivity contribution in [1.82, 2.24) is 0 Å². The normalized spacial score (nSPS) is 14.4. The number of aliphatic hydroxyl groups is 1. The molecule has 0 aliphatic carbocycles. The summed E-state index contributed by atoms with van der Waals surface area (Å²) in [5.41, 5.74) is -5.49. The van der Waals surface area contributed by atoms with Crippen LogP contribution in [0.1, 0.15) is 30.1 Å². The van der Waals surface area contributed by atoms with Gasteiger partial charge in [0.05, 0.1) is 13.0 Å². The average Bonchev–Trinajstić information content (AvgIpc) is 2.49. The summed E-state index contributed by atoms with van der Waals surface area (Å²) in [4.78, 5) is 12.3. The molecule has 0 saturated heterocycles. The summed E-state index contributed by atoms with van der Waals surface area (Å²) in [6.07, 6.45) is -13.0. The SMILES string of the molecule is CCCC(C(=O)c1ccc(OC)cc1)C(O)(C(F)(F)F)C(F)(F)F. The maximum atomic E-state index is 13.0. The van der Waals surface area contributed by atoms with Gasteiger partial charge < -0.3 is 9.84 Å². The van der Waals surface area contributed by atoms with E-state index in [-0.39, 0.29) is 17.7 Å². The van der Waals surface area contributed by atoms with Crippen LogP contribution in [0.2, 0.25) is 0 Å². The zero-order valence-electron chi connectivity index (χ0n) is 12.8. The number of carbonyl (C=O) groups excluding carboxylic acids is 1. The third-order valence-corrected chi connectivity index (χ3v) is 3.64. The monoisotopic (exact) mass is 358 g/mol. The van der Waals surface area contributed by atoms with Crippen LogP contribution in [0.15, 0.2) is 24.3 Å². The number of alkyl halides is 6. The van der Waals surface area contributed by atoms with Crippen LogP contribution in [-0.2, 0) is 0 Å². The minimum Gasteiger partial charge on any atom is -0.497 e. The molecule has 1 N–H and O–H groups in total. The number of halogens is 6. The Balaban J connectivity index is 3.39. The van der Waals surface area contributed by atoms with Crippen molar-refractivity contribution in [2.45, 2.75) is 37.7 Å². The molecule has 1 rings (SSSR count). The number of ketones is 1. The van der Waals surface area contributed by atoms with Crippen LogP contribution in [0.5, 0.6) is 5.75 Å². The smallest absolute Gasteiger partial charge is 0.427 e. The molecule has 0 aliphatic rings. The quantitative estimate of drug-likeness (QED) is 0.614. The Morgan fingerprint density at radius 3 is 1.88 bits per heavy atom. The van der Waals surface area contributed by atoms with Gasteiger partial charge in [-0.25, -0.2) is 0 Å². The molecule has 0 bridgehead atoms. The molecule has 0 amide bonds. The third-order valence-electron chi connectivity index (χ3n) is 3.64. The van der Waals surface area contributed by atoms with Gasteiger partial charge >= 0.3 is 12.4 Å². The number of Topliss-reactive ketones (excluding diaryl/α,β-unsaturated/α-hetero) is 1. The standard InChI is InChI=1S/C15H16F6O3/c1-3-4-11(13(23,14(16,17)18)15(19,20)21)12(22)9-5-7-10(24-2)8-6-9/h5-8,11,23H,3-4H2,1-2H3. The van der Waals surface area contributed by atoms with E-state index in [4.69, 9.17) is 4.74 Å². The molecule has 0 heterocycles. The van der Waals surface area contributed by atoms with E-state index in [0.717, 1.165) is 12.1 Å². The number of rotatable bonds is 6. The topological polar surface area (TPSA) is 46.5 Å². The fourth-order valence-corrected chi connectivity index (χ4v) is 2.33. The molecule has 0 aliphatic heterocycles. The minimum absolute atomic E-state index is 0.152. The summed E-state index contributed by atoms with van der Waals surface area (Å²) in [7, 11) is 1.31. The molecule has 0 fully saturated rings. The van der Waals surface area contributed by atoms with Crippen molar-refractivity contribution < 1.29 is 41.0 Å². The highest BCUT2D eigenvalue weighted by molar-refractivity contribution is 5.98. The molecule has 0 saturated carbocycles. The second-order valence-electron chi connectivity index (χ2n) is 5.20. The zero-order chi connectivity index (χ0) is 18.8. The molecule has 0 spiro atoms. The van der Waals surface area contributed by atoms with Gasteiger partial charge in [-0.05, 0) is 30.7 Å². The Morgan fingerprint density at radius 2 is 1.54 bits per heavy atom. The summed E-state index contributed by atoms with van der Waals surface area (Å²) in [5.74, 6) is -3.85. The van der Waals surface area contributed by atoms with Gasteiger partial charge in [0.25, 0.3) is 5.60 Å². The van der Waals surface area contributed by atoms with Crippen LogP contribution >= 0.6 is 0 Å². The van der Waals surface area contributed by atoms with Gasteiger partial charge in [0.1, 0.15) is 5.75 Å². The Bertz CT molecular complexity index is 548. The van der Waals surface area contributed by atoms with E-state index in [1.165, 1.54) is 26.2 Å². The van der Waals surface area contributed by atoms with E-state index in [1.807, 2.05) is 0 Å². The molecule has 3 nitrogen and oxygen atoms in total. The zero-order valence-corrected chi connectivity index (χ0v) is 12.8. The number of methoxy groups -OCH3 is 1. The Hall–Kier alpha value is -1.77. The van der Waals surface area contributed by atoms with Gasteiger partial charge in [-0.2, -0.15) is 26.3 Å². The van der Waals surface area contributed by atoms with Crippen LogP contribution in [0, 0.1) is 5.92 Å². The predicted octanol–water partition coefficient (Wildman–Crippen LogP) is 4.15. The highest BCUT2D eigenvalue weighted by Gasteiger charge is 2.74. The van der Waals surface area contributed by atoms with Crippen molar-refractivity contribution in [3.05, 3.63) is 29.8 Å². The van der Waals surface area contributed by atoms with Crippen LogP contribution in [0.3, 0.4) is 0 Å². The lowest BCUT2D eigenvalue weighted by Crippen LogP contribution is -2.63. The molecule has 136 valence electrons. The number of benzene rings is 1. The van der Waals surface area contributed by atoms with E-state index < -0.39 is 36.1 Å². The summed E-state index contributed by atoms with van der Waals surface area (Å²) in [6.45, 7) is 1.32. The largest absolute Gasteiger partial charge is 0.497 e. The van der Waals surface area contributed by atoms with Crippen molar-refractivity contribution >= 4 is 5.78 Å². The van der Waals surface area contributed by atoms with Crippen molar-refractivity contribution in [3.63, 3.8) is 0 Å². The molecule has 1 aromatic rings. The second-order valence-corrected chi connectivity index (χ2v) is 5.20. The summed E-state index contributed by atoms with van der Waals surface area (Å²) >= 11 is 0. The average molecular weight is 358 g/mol. The third kappa shape index (κ3) is 3.66. The number of ether oxygens (including phenoxy) is 1. The van der Waals surface area contributed by atoms with Gasteiger partial charge in [0.15, 0.2) is 5.78 Å². The highest BCUT2D eigenvalue weighted by atomic mass is 19.4. The van der Waals surface area contributed by atoms with Crippen molar-refractivity contribution in [3.8, 4) is 5.75 Å². The lowest BCUT2D eigenvalue weighted by Gasteiger charge is -2.38. The molecular weight excluding hydrogens is 342 g/mol. The van der Waals surface area contributed by atoms with Gasteiger partial charge in [0, 0.05) is 5.56 Å². The molecule has 0 aromatic heterocycles. The van der Waals surface area contributed by atoms with Crippen LogP contribution in [0.4, 0.5) is 26.3 Å². The van der Waals surface area contributed by atoms with Crippen molar-refractivity contribution in [2.24, 2.45) is 5.92 Å². The van der Waals surface area contributed by atoms with Gasteiger partial charge in [-0.3, -0.25) is 4.79 Å². The molecular formula is C15H16F6O3. The van der Waals surface area contributed by atoms with Crippen LogP contribution in [-0.4, -0.2) is 36.0 Å². The molecule has 1 unspecified atom stereocenters. The second kappa shape index (κ2) is 7.00. The first kappa shape index (κ1) is 20.3. The number of hydrogen-bond donors (Lipinski definition) is 1. The van der Waals surface area contributed by atoms with Crippen LogP contribution < -0.4 is 4.74 Å². The Labute approximate surface area is 134 Å². The fourth-order valence-electron chi connectivity index (χ4n) is 2.33. The van der Waals surface area contributed by atoms with Crippen molar-refractivity contribution in [1.29, 1.82) is 0 Å². The summed E-state index contributed by atoms with van der Waals surface area (Å²) in [6, 6.07) is 4.57. The first-order chi connectivity index (χ1) is 10.9. The lowest BCUT2D eigenvalue weighted by atomic mass is 9.78. The van der Waals surface area contributed by atoms with E-state index >= 15 is 0 Å². The van der Waals surface area contributed by atoms with E-state index in [2.05, 4.69) is 0 Å². The highest BCUT2D eigenvalue weighted by Crippen LogP contribution is 2.49. The predicted molar refractivity (Wildman–Crippen MR) is 72.8 cm³/mol. The molecule has 0 radical (unpaired) electrons. The first-order valence-electron chi connectivity index (χ1n) is 6.94. The van der Waals surface area contributed by atoms with Gasteiger partial charge in [-0.1, -0.05) is 13.3 Å². The molecule has 1 atom stereocenters. The van der Waals surface area contributed by atoms with E-state index in [1.54, 1.807) is 0 Å². The lowest BCUT2D eigenvalue weighted by molar-refractivity contribution is -0.379. The van der Waals surface area contributed by atoms with Gasteiger partial charge in [-0.15, -0.1) is 0 Å². The maximum absolute atomic E-state index is 13.0. The molecule has 1 aromatic carbocycles. The van der Waals surface area contributed by atoms with E-state index in [0.29, 0.717) is 0 Å². The molecule has 24 heavy (non-hydrogen) atoms. The Kier molecular flexibility index (Phi) is 5.91. The minimum atomic E-state index is -6.05. The number of carbonyl (C=O) groups is 1. The van der Waals surface area contributed by atoms with Gasteiger partial charge in [0.2, 0.25) is 0 Å². The first-order valence-corrected chi connectivity index (χ1v) is 6.94. The van der Waals surface area contributed by atoms with Crippen molar-refractivity contribution in [2.75, 3.05) is 7.11 Å². The fraction of sp³-hybridized carbons (Fsp3) is 0.533. The molecule has 9 heteroatoms. The summed E-state index contributed by atoms with van der Waals surface area (Å²) in [5, 5.41) is 9.51. The van der Waals surface area contributed by atoms with Crippen LogP contribution in [0.25, 0.3) is 0 Å². The number of hydrogen-bond acceptors (Lipinski definition) is 3. The van der Waals surface area contributed by atoms with E-state index in [9.17, 15) is 36.2 Å². The maximum Gasteiger partial charge on any atom is 0.427 e.